The van der Waals surface area contributed by atoms with Crippen LogP contribution in [0.25, 0.3) is 0 Å². The van der Waals surface area contributed by atoms with Crippen LogP contribution in [0.4, 0.5) is 0 Å². The zero-order valence-corrected chi connectivity index (χ0v) is 22.0. The van der Waals surface area contributed by atoms with Gasteiger partial charge in [-0.1, -0.05) is 6.92 Å². The van der Waals surface area contributed by atoms with E-state index in [4.69, 9.17) is 53.3 Å². The minimum Gasteiger partial charge on any atom is -0.481 e. The highest BCUT2D eigenvalue weighted by Gasteiger charge is 2.51. The minimum atomic E-state index is -1.06. The molecule has 17 heteroatoms. The summed E-state index contributed by atoms with van der Waals surface area (Å²) >= 11 is 0. The van der Waals surface area contributed by atoms with E-state index in [-0.39, 0.29) is 82.9 Å². The van der Waals surface area contributed by atoms with E-state index in [9.17, 15) is 24.0 Å². The maximum atomic E-state index is 11.5. The lowest BCUT2D eigenvalue weighted by atomic mass is 10.1. The Bertz CT molecular complexity index is 930. The number of carbonyl (C=O) groups is 5. The minimum absolute atomic E-state index is 0.147. The number of aliphatic hydroxyl groups is 2. The van der Waals surface area contributed by atoms with Crippen molar-refractivity contribution < 1.29 is 82.0 Å². The summed E-state index contributed by atoms with van der Waals surface area (Å²) in [6.45, 7) is 2.61. The lowest BCUT2D eigenvalue weighted by molar-refractivity contribution is -0.192. The van der Waals surface area contributed by atoms with Gasteiger partial charge in [-0.2, -0.15) is 9.59 Å². The van der Waals surface area contributed by atoms with Crippen LogP contribution in [-0.2, 0) is 66.7 Å². The van der Waals surface area contributed by atoms with Gasteiger partial charge in [0.05, 0.1) is 52.1 Å². The van der Waals surface area contributed by atoms with Gasteiger partial charge >= 0.3 is 36.0 Å². The second-order valence-electron chi connectivity index (χ2n) is 9.06. The first-order valence-corrected chi connectivity index (χ1v) is 12.7. The van der Waals surface area contributed by atoms with Crippen molar-refractivity contribution >= 4 is 36.0 Å². The monoisotopic (exact) mass is 592 g/mol. The van der Waals surface area contributed by atoms with Crippen molar-refractivity contribution in [1.29, 1.82) is 0 Å². The standard InChI is InChI=1S/C13H18O8.C6H10O4.C4H4O3.CO2/c1-2-10(16)20-7-5-18-13-8(6-19-12(7)13)21-11(17)4-3-9(14)15;7-3-1-9-6-4(8)2-10-5(3)6;5-3-1-2-4(6)7-3;2-1-3/h7-8,12-13H,2-6H2,1H3,(H,14,15);3-8H,1-2H2;1-2H2;/t7-,8+,12-,13-;3-,4+,5-,6-;;/m11../s1. The number of aliphatic hydroxyl groups excluding tert-OH is 2. The molecule has 0 amide bonds. The molecule has 5 aliphatic heterocycles. The zero-order valence-electron chi connectivity index (χ0n) is 22.0. The number of fused-ring (bicyclic) bond motifs is 2. The normalized spacial score (nSPS) is 32.4. The number of carboxylic acids is 1. The quantitative estimate of drug-likeness (QED) is 0.166. The molecule has 0 unspecified atom stereocenters. The number of ether oxygens (including phenoxy) is 7. The Morgan fingerprint density at radius 2 is 1.17 bits per heavy atom. The molecule has 5 heterocycles. The summed E-state index contributed by atoms with van der Waals surface area (Å²) in [4.78, 5) is 69.5. The Balaban J connectivity index is 0.000000240. The third kappa shape index (κ3) is 10.6. The highest BCUT2D eigenvalue weighted by molar-refractivity contribution is 5.92. The molecule has 0 aromatic rings. The molecule has 3 N–H and O–H groups in total. The van der Waals surface area contributed by atoms with Crippen LogP contribution in [0.2, 0.25) is 0 Å². The molecular formula is C24H32O17. The Hall–Kier alpha value is -3.31. The molecule has 0 aromatic carbocycles. The van der Waals surface area contributed by atoms with Crippen molar-refractivity contribution in [3.05, 3.63) is 0 Å². The molecule has 5 saturated heterocycles. The van der Waals surface area contributed by atoms with Crippen LogP contribution in [0.1, 0.15) is 39.0 Å². The second kappa shape index (κ2) is 16.8. The summed E-state index contributed by atoms with van der Waals surface area (Å²) in [5, 5.41) is 26.8. The van der Waals surface area contributed by atoms with Crippen molar-refractivity contribution in [2.24, 2.45) is 0 Å². The maximum Gasteiger partial charge on any atom is 0.373 e. The molecule has 5 aliphatic rings. The largest absolute Gasteiger partial charge is 0.481 e. The SMILES string of the molecule is CCC(=O)O[C@@H]1CO[C@H]2[C@@H]1OC[C@@H]2OC(=O)CCC(=O)O.O=C1CCC(=O)O1.O=C=O.O[C@@H]1CO[C@H]2[C@@H]1OC[C@@H]2O. The van der Waals surface area contributed by atoms with Crippen LogP contribution in [0.3, 0.4) is 0 Å². The van der Waals surface area contributed by atoms with Crippen LogP contribution >= 0.6 is 0 Å². The van der Waals surface area contributed by atoms with E-state index in [1.54, 1.807) is 6.92 Å². The summed E-state index contributed by atoms with van der Waals surface area (Å²) in [6.07, 6.45) is -3.15. The molecule has 0 aromatic heterocycles. The molecule has 0 saturated carbocycles. The molecule has 8 atom stereocenters. The van der Waals surface area contributed by atoms with Crippen molar-refractivity contribution in [2.45, 2.75) is 87.9 Å². The average molecular weight is 593 g/mol. The topological polar surface area (TPSA) is 245 Å². The Kier molecular flexibility index (Phi) is 13.9. The van der Waals surface area contributed by atoms with Crippen molar-refractivity contribution in [1.82, 2.24) is 0 Å². The lowest BCUT2D eigenvalue weighted by Gasteiger charge is -2.17. The van der Waals surface area contributed by atoms with E-state index >= 15 is 0 Å². The van der Waals surface area contributed by atoms with Gasteiger partial charge in [0.25, 0.3) is 0 Å². The van der Waals surface area contributed by atoms with E-state index in [2.05, 4.69) is 4.74 Å². The molecular weight excluding hydrogens is 560 g/mol. The first-order chi connectivity index (χ1) is 19.5. The number of esters is 4. The van der Waals surface area contributed by atoms with E-state index < -0.39 is 60.5 Å². The first-order valence-electron chi connectivity index (χ1n) is 12.7. The van der Waals surface area contributed by atoms with Crippen LogP contribution in [0.15, 0.2) is 0 Å². The zero-order chi connectivity index (χ0) is 30.5. The Morgan fingerprint density at radius 3 is 1.54 bits per heavy atom. The maximum absolute atomic E-state index is 11.5. The van der Waals surface area contributed by atoms with Crippen molar-refractivity contribution in [3.63, 3.8) is 0 Å². The molecule has 0 radical (unpaired) electrons. The van der Waals surface area contributed by atoms with Gasteiger partial charge in [0.15, 0.2) is 12.2 Å². The number of carbonyl (C=O) groups excluding carboxylic acids is 6. The van der Waals surface area contributed by atoms with E-state index in [0.29, 0.717) is 0 Å². The molecule has 17 nitrogen and oxygen atoms in total. The highest BCUT2D eigenvalue weighted by Crippen LogP contribution is 2.31. The van der Waals surface area contributed by atoms with Gasteiger partial charge in [0, 0.05) is 6.42 Å². The summed E-state index contributed by atoms with van der Waals surface area (Å²) < 4.78 is 35.6. The van der Waals surface area contributed by atoms with Gasteiger partial charge in [0.1, 0.15) is 36.6 Å². The smallest absolute Gasteiger partial charge is 0.373 e. The summed E-state index contributed by atoms with van der Waals surface area (Å²) in [7, 11) is 0. The molecule has 41 heavy (non-hydrogen) atoms. The number of cyclic esters (lactones) is 2. The number of aliphatic carboxylic acids is 1. The molecule has 5 fully saturated rings. The third-order valence-electron chi connectivity index (χ3n) is 6.12. The van der Waals surface area contributed by atoms with E-state index in [0.717, 1.165) is 0 Å². The third-order valence-corrected chi connectivity index (χ3v) is 6.12. The average Bonchev–Trinajstić information content (AvgIpc) is 3.74. The summed E-state index contributed by atoms with van der Waals surface area (Å²) in [6, 6.07) is 0. The van der Waals surface area contributed by atoms with Crippen LogP contribution in [0.5, 0.6) is 0 Å². The first kappa shape index (κ1) is 33.9. The molecule has 5 rings (SSSR count). The second-order valence-corrected chi connectivity index (χ2v) is 9.06. The molecule has 0 spiro atoms. The number of carboxylic acid groups (broad SMARTS) is 1. The Labute approximate surface area is 232 Å². The van der Waals surface area contributed by atoms with E-state index in [1.165, 1.54) is 0 Å². The fourth-order valence-corrected chi connectivity index (χ4v) is 4.21. The fourth-order valence-electron chi connectivity index (χ4n) is 4.21. The number of hydrogen-bond donors (Lipinski definition) is 3. The number of rotatable bonds is 6. The van der Waals surface area contributed by atoms with Gasteiger partial charge in [-0.3, -0.25) is 24.0 Å². The van der Waals surface area contributed by atoms with Gasteiger partial charge < -0.3 is 48.5 Å². The Morgan fingerprint density at radius 1 is 0.756 bits per heavy atom. The van der Waals surface area contributed by atoms with Crippen molar-refractivity contribution in [3.8, 4) is 0 Å². The van der Waals surface area contributed by atoms with Gasteiger partial charge in [-0.25, -0.2) is 0 Å². The summed E-state index contributed by atoms with van der Waals surface area (Å²) in [5.41, 5.74) is 0. The van der Waals surface area contributed by atoms with Crippen molar-refractivity contribution in [2.75, 3.05) is 26.4 Å². The van der Waals surface area contributed by atoms with Gasteiger partial charge in [0.2, 0.25) is 0 Å². The molecule has 0 bridgehead atoms. The van der Waals surface area contributed by atoms with Gasteiger partial charge in [-0.15, -0.1) is 0 Å². The van der Waals surface area contributed by atoms with E-state index in [1.807, 2.05) is 0 Å². The predicted molar refractivity (Wildman–Crippen MR) is 123 cm³/mol. The highest BCUT2D eigenvalue weighted by atomic mass is 16.7. The van der Waals surface area contributed by atoms with Crippen LogP contribution in [-0.4, -0.2) is 127 Å². The lowest BCUT2D eigenvalue weighted by Crippen LogP contribution is -2.35. The molecule has 230 valence electrons. The number of hydrogen-bond acceptors (Lipinski definition) is 16. The molecule has 0 aliphatic carbocycles. The predicted octanol–water partition coefficient (Wildman–Crippen LogP) is -2.35. The van der Waals surface area contributed by atoms with Gasteiger partial charge in [-0.05, 0) is 0 Å². The van der Waals surface area contributed by atoms with Crippen LogP contribution < -0.4 is 0 Å². The van der Waals surface area contributed by atoms with Crippen LogP contribution in [0, 0.1) is 0 Å². The summed E-state index contributed by atoms with van der Waals surface area (Å²) in [5.74, 6) is -2.80. The fraction of sp³-hybridized carbons (Fsp3) is 0.750.